The molecule has 0 aromatic heterocycles. The van der Waals surface area contributed by atoms with Gasteiger partial charge in [0.1, 0.15) is 10.6 Å². The van der Waals surface area contributed by atoms with Crippen LogP contribution >= 0.6 is 11.6 Å². The number of sulfonamides is 1. The first-order valence-electron chi connectivity index (χ1n) is 11.2. The normalized spacial score (nSPS) is 20.3. The molecular weight excluding hydrogens is 464 g/mol. The van der Waals surface area contributed by atoms with Gasteiger partial charge in [0.25, 0.3) is 5.91 Å². The summed E-state index contributed by atoms with van der Waals surface area (Å²) in [6.45, 7) is 1.83. The van der Waals surface area contributed by atoms with Gasteiger partial charge in [0.05, 0.1) is 31.4 Å². The van der Waals surface area contributed by atoms with E-state index >= 15 is 0 Å². The Kier molecular flexibility index (Phi) is 7.58. The number of halogens is 1. The molecule has 0 radical (unpaired) electrons. The van der Waals surface area contributed by atoms with Gasteiger partial charge < -0.3 is 14.4 Å². The average molecular weight is 493 g/mol. The molecule has 9 heteroatoms. The van der Waals surface area contributed by atoms with Gasteiger partial charge in [-0.15, -0.1) is 0 Å². The van der Waals surface area contributed by atoms with Gasteiger partial charge in [-0.2, -0.15) is 4.31 Å². The molecule has 0 saturated carbocycles. The minimum absolute atomic E-state index is 0.0345. The molecular formula is C24H29ClN2O5S. The highest BCUT2D eigenvalue weighted by Crippen LogP contribution is 2.33. The first kappa shape index (κ1) is 24.0. The van der Waals surface area contributed by atoms with Gasteiger partial charge in [-0.3, -0.25) is 4.79 Å². The molecule has 7 nitrogen and oxygen atoms in total. The Labute approximate surface area is 200 Å². The number of likely N-dealkylation sites (tertiary alicyclic amines) is 1. The average Bonchev–Trinajstić information content (AvgIpc) is 3.10. The Hall–Kier alpha value is -2.13. The summed E-state index contributed by atoms with van der Waals surface area (Å²) in [5, 5.41) is 0.112. The standard InChI is InChI=1S/C24H29ClN2O5S/c1-31-20-9-6-18(7-10-20)22-5-3-2-4-12-27(22)24(28)19-8-11-21(25)23(17-19)33(29,30)26-13-15-32-16-14-26/h6-11,17,22H,2-5,12-16H2,1H3/t22-/m1/s1. The minimum atomic E-state index is -3.82. The van der Waals surface area contributed by atoms with Crippen LogP contribution in [0.25, 0.3) is 0 Å². The van der Waals surface area contributed by atoms with Gasteiger partial charge in [0.2, 0.25) is 10.0 Å². The van der Waals surface area contributed by atoms with Crippen molar-refractivity contribution in [3.63, 3.8) is 0 Å². The van der Waals surface area contributed by atoms with Gasteiger partial charge in [0, 0.05) is 25.2 Å². The molecule has 0 unspecified atom stereocenters. The molecule has 33 heavy (non-hydrogen) atoms. The molecule has 2 heterocycles. The fraction of sp³-hybridized carbons (Fsp3) is 0.458. The van der Waals surface area contributed by atoms with Gasteiger partial charge in [0.15, 0.2) is 0 Å². The van der Waals surface area contributed by atoms with E-state index in [0.29, 0.717) is 25.3 Å². The zero-order chi connectivity index (χ0) is 23.4. The Morgan fingerprint density at radius 2 is 1.76 bits per heavy atom. The lowest BCUT2D eigenvalue weighted by Crippen LogP contribution is -2.41. The smallest absolute Gasteiger partial charge is 0.254 e. The number of benzene rings is 2. The van der Waals surface area contributed by atoms with Crippen molar-refractivity contribution < 1.29 is 22.7 Å². The number of hydrogen-bond donors (Lipinski definition) is 0. The van der Waals surface area contributed by atoms with Crippen LogP contribution < -0.4 is 4.74 Å². The Balaban J connectivity index is 1.65. The predicted molar refractivity (Wildman–Crippen MR) is 126 cm³/mol. The summed E-state index contributed by atoms with van der Waals surface area (Å²) >= 11 is 6.30. The van der Waals surface area contributed by atoms with Crippen molar-refractivity contribution in [2.75, 3.05) is 40.0 Å². The zero-order valence-electron chi connectivity index (χ0n) is 18.7. The highest BCUT2D eigenvalue weighted by atomic mass is 35.5. The fourth-order valence-corrected chi connectivity index (χ4v) is 6.36. The van der Waals surface area contributed by atoms with E-state index in [-0.39, 0.29) is 35.0 Å². The predicted octanol–water partition coefficient (Wildman–Crippen LogP) is 4.13. The highest BCUT2D eigenvalue weighted by Gasteiger charge is 2.32. The van der Waals surface area contributed by atoms with Crippen molar-refractivity contribution in [1.29, 1.82) is 0 Å². The van der Waals surface area contributed by atoms with Gasteiger partial charge in [-0.05, 0) is 48.7 Å². The van der Waals surface area contributed by atoms with E-state index in [0.717, 1.165) is 37.0 Å². The number of amides is 1. The molecule has 178 valence electrons. The number of rotatable bonds is 5. The van der Waals surface area contributed by atoms with Crippen LogP contribution in [-0.2, 0) is 14.8 Å². The summed E-state index contributed by atoms with van der Waals surface area (Å²) < 4.78 is 38.3. The first-order valence-corrected chi connectivity index (χ1v) is 13.1. The molecule has 0 N–H and O–H groups in total. The van der Waals surface area contributed by atoms with Crippen molar-refractivity contribution in [2.24, 2.45) is 0 Å². The second kappa shape index (κ2) is 10.4. The number of morpholine rings is 1. The summed E-state index contributed by atoms with van der Waals surface area (Å²) in [4.78, 5) is 15.5. The topological polar surface area (TPSA) is 76.2 Å². The molecule has 1 amide bonds. The molecule has 0 spiro atoms. The van der Waals surface area contributed by atoms with Crippen molar-refractivity contribution in [1.82, 2.24) is 9.21 Å². The van der Waals surface area contributed by atoms with E-state index in [2.05, 4.69) is 0 Å². The van der Waals surface area contributed by atoms with E-state index in [1.807, 2.05) is 29.2 Å². The van der Waals surface area contributed by atoms with Crippen LogP contribution in [-0.4, -0.2) is 63.5 Å². The SMILES string of the molecule is COc1ccc([C@H]2CCCCCN2C(=O)c2ccc(Cl)c(S(=O)(=O)N3CCOCC3)c2)cc1. The quantitative estimate of drug-likeness (QED) is 0.627. The molecule has 4 rings (SSSR count). The lowest BCUT2D eigenvalue weighted by molar-refractivity contribution is 0.0680. The largest absolute Gasteiger partial charge is 0.497 e. The molecule has 2 aliphatic heterocycles. The van der Waals surface area contributed by atoms with Crippen LogP contribution in [0.4, 0.5) is 0 Å². The van der Waals surface area contributed by atoms with Crippen LogP contribution in [0.1, 0.15) is 47.6 Å². The van der Waals surface area contributed by atoms with Crippen LogP contribution in [0.15, 0.2) is 47.4 Å². The fourth-order valence-electron chi connectivity index (χ4n) is 4.45. The maximum atomic E-state index is 13.7. The summed E-state index contributed by atoms with van der Waals surface area (Å²) in [6, 6.07) is 12.2. The molecule has 0 aliphatic carbocycles. The number of hydrogen-bond acceptors (Lipinski definition) is 5. The van der Waals surface area contributed by atoms with Crippen LogP contribution in [0.3, 0.4) is 0 Å². The van der Waals surface area contributed by atoms with E-state index < -0.39 is 10.0 Å². The second-order valence-electron chi connectivity index (χ2n) is 8.30. The second-order valence-corrected chi connectivity index (χ2v) is 10.6. The lowest BCUT2D eigenvalue weighted by Gasteiger charge is -2.31. The molecule has 2 aliphatic rings. The van der Waals surface area contributed by atoms with Crippen molar-refractivity contribution in [3.8, 4) is 5.75 Å². The summed E-state index contributed by atoms with van der Waals surface area (Å²) in [6.07, 6.45) is 3.83. The zero-order valence-corrected chi connectivity index (χ0v) is 20.3. The Bertz CT molecular complexity index is 1080. The van der Waals surface area contributed by atoms with E-state index in [1.54, 1.807) is 13.2 Å². The lowest BCUT2D eigenvalue weighted by atomic mass is 10.00. The third kappa shape index (κ3) is 5.19. The third-order valence-electron chi connectivity index (χ3n) is 6.28. The van der Waals surface area contributed by atoms with Gasteiger partial charge in [-0.1, -0.05) is 36.6 Å². The van der Waals surface area contributed by atoms with Crippen molar-refractivity contribution in [3.05, 3.63) is 58.6 Å². The minimum Gasteiger partial charge on any atom is -0.497 e. The number of ether oxygens (including phenoxy) is 2. The van der Waals surface area contributed by atoms with Crippen LogP contribution in [0.5, 0.6) is 5.75 Å². The summed E-state index contributed by atoms with van der Waals surface area (Å²) in [5.41, 5.74) is 1.37. The van der Waals surface area contributed by atoms with Crippen molar-refractivity contribution in [2.45, 2.75) is 36.6 Å². The maximum Gasteiger partial charge on any atom is 0.254 e. The number of nitrogens with zero attached hydrogens (tertiary/aromatic N) is 2. The molecule has 2 saturated heterocycles. The van der Waals surface area contributed by atoms with Crippen LogP contribution in [0, 0.1) is 0 Å². The van der Waals surface area contributed by atoms with Gasteiger partial charge in [-0.25, -0.2) is 8.42 Å². The van der Waals surface area contributed by atoms with E-state index in [4.69, 9.17) is 21.1 Å². The highest BCUT2D eigenvalue weighted by molar-refractivity contribution is 7.89. The number of carbonyl (C=O) groups is 1. The van der Waals surface area contributed by atoms with Crippen LogP contribution in [0.2, 0.25) is 5.02 Å². The monoisotopic (exact) mass is 492 g/mol. The van der Waals surface area contributed by atoms with Crippen molar-refractivity contribution >= 4 is 27.5 Å². The van der Waals surface area contributed by atoms with E-state index in [1.165, 1.54) is 16.4 Å². The Morgan fingerprint density at radius 3 is 2.45 bits per heavy atom. The molecule has 2 aromatic carbocycles. The number of carbonyl (C=O) groups excluding carboxylic acids is 1. The molecule has 2 fully saturated rings. The third-order valence-corrected chi connectivity index (χ3v) is 8.66. The van der Waals surface area contributed by atoms with Gasteiger partial charge >= 0.3 is 0 Å². The Morgan fingerprint density at radius 1 is 1.03 bits per heavy atom. The molecule has 0 bridgehead atoms. The molecule has 2 aromatic rings. The first-order chi connectivity index (χ1) is 15.9. The summed E-state index contributed by atoms with van der Waals surface area (Å²) in [7, 11) is -2.20. The number of methoxy groups -OCH3 is 1. The molecule has 1 atom stereocenters. The summed E-state index contributed by atoms with van der Waals surface area (Å²) in [5.74, 6) is 0.578. The van der Waals surface area contributed by atoms with E-state index in [9.17, 15) is 13.2 Å². The maximum absolute atomic E-state index is 13.7.